The maximum atomic E-state index is 12.8. The second kappa shape index (κ2) is 7.87. The van der Waals surface area contributed by atoms with Crippen molar-refractivity contribution in [3.05, 3.63) is 45.7 Å². The first kappa shape index (κ1) is 17.9. The standard InChI is InChI=1S/C16H17FN2O4S/c1-10-15(16(22)19(2)8-7-14(20)21)24-13(18-10)9-23-12-5-3-11(17)4-6-12/h3-6H,7-9H2,1-2H3,(H,20,21). The number of carbonyl (C=O) groups is 2. The van der Waals surface area contributed by atoms with Crippen LogP contribution < -0.4 is 4.74 Å². The van der Waals surface area contributed by atoms with Gasteiger partial charge in [-0.05, 0) is 31.2 Å². The van der Waals surface area contributed by atoms with Crippen LogP contribution in [0, 0.1) is 12.7 Å². The summed E-state index contributed by atoms with van der Waals surface area (Å²) in [6.07, 6.45) is -0.110. The molecule has 24 heavy (non-hydrogen) atoms. The van der Waals surface area contributed by atoms with Gasteiger partial charge in [-0.3, -0.25) is 9.59 Å². The van der Waals surface area contributed by atoms with Gasteiger partial charge in [0.1, 0.15) is 28.1 Å². The molecule has 1 N–H and O–H groups in total. The lowest BCUT2D eigenvalue weighted by Gasteiger charge is -2.14. The Morgan fingerprint density at radius 3 is 2.62 bits per heavy atom. The van der Waals surface area contributed by atoms with Crippen LogP contribution in [0.2, 0.25) is 0 Å². The van der Waals surface area contributed by atoms with Gasteiger partial charge >= 0.3 is 5.97 Å². The number of amides is 1. The molecule has 0 atom stereocenters. The van der Waals surface area contributed by atoms with Crippen molar-refractivity contribution in [2.24, 2.45) is 0 Å². The number of aryl methyl sites for hydroxylation is 1. The molecule has 6 nitrogen and oxygen atoms in total. The third kappa shape index (κ3) is 4.76. The molecular weight excluding hydrogens is 335 g/mol. The summed E-state index contributed by atoms with van der Waals surface area (Å²) in [6.45, 7) is 2.02. The average molecular weight is 352 g/mol. The van der Waals surface area contributed by atoms with Crippen molar-refractivity contribution in [1.29, 1.82) is 0 Å². The number of rotatable bonds is 7. The predicted octanol–water partition coefficient (Wildman–Crippen LogP) is 2.72. The normalized spacial score (nSPS) is 10.5. The topological polar surface area (TPSA) is 79.7 Å². The number of carboxylic acids is 1. The van der Waals surface area contributed by atoms with Crippen molar-refractivity contribution >= 4 is 23.2 Å². The lowest BCUT2D eigenvalue weighted by atomic mass is 10.3. The van der Waals surface area contributed by atoms with Crippen molar-refractivity contribution in [2.45, 2.75) is 20.0 Å². The van der Waals surface area contributed by atoms with E-state index in [1.165, 1.54) is 40.5 Å². The second-order valence-corrected chi connectivity index (χ2v) is 6.22. The first-order valence-electron chi connectivity index (χ1n) is 7.18. The number of hydrogen-bond donors (Lipinski definition) is 1. The minimum Gasteiger partial charge on any atom is -0.486 e. The fourth-order valence-corrected chi connectivity index (χ4v) is 2.90. The number of nitrogens with zero attached hydrogens (tertiary/aromatic N) is 2. The molecule has 2 aromatic rings. The van der Waals surface area contributed by atoms with Gasteiger partial charge in [-0.1, -0.05) is 0 Å². The summed E-state index contributed by atoms with van der Waals surface area (Å²) >= 11 is 1.20. The van der Waals surface area contributed by atoms with Gasteiger partial charge in [0.2, 0.25) is 0 Å². The SMILES string of the molecule is Cc1nc(COc2ccc(F)cc2)sc1C(=O)N(C)CCC(=O)O. The summed E-state index contributed by atoms with van der Waals surface area (Å²) in [6, 6.07) is 5.63. The molecule has 1 aromatic carbocycles. The highest BCUT2D eigenvalue weighted by molar-refractivity contribution is 7.13. The number of halogens is 1. The molecule has 128 valence electrons. The first-order chi connectivity index (χ1) is 11.4. The molecule has 0 aliphatic carbocycles. The van der Waals surface area contributed by atoms with Gasteiger partial charge < -0.3 is 14.7 Å². The number of aliphatic carboxylic acids is 1. The van der Waals surface area contributed by atoms with Gasteiger partial charge in [-0.25, -0.2) is 9.37 Å². The van der Waals surface area contributed by atoms with Gasteiger partial charge in [-0.2, -0.15) is 0 Å². The zero-order valence-electron chi connectivity index (χ0n) is 13.3. The van der Waals surface area contributed by atoms with Crippen LogP contribution in [0.1, 0.15) is 26.8 Å². The molecule has 1 amide bonds. The Morgan fingerprint density at radius 1 is 1.33 bits per heavy atom. The van der Waals surface area contributed by atoms with E-state index in [9.17, 15) is 14.0 Å². The molecule has 0 bridgehead atoms. The fourth-order valence-electron chi connectivity index (χ4n) is 1.93. The van der Waals surface area contributed by atoms with Crippen LogP contribution >= 0.6 is 11.3 Å². The maximum absolute atomic E-state index is 12.8. The van der Waals surface area contributed by atoms with Gasteiger partial charge in [-0.15, -0.1) is 11.3 Å². The molecule has 0 fully saturated rings. The van der Waals surface area contributed by atoms with Crippen molar-refractivity contribution in [2.75, 3.05) is 13.6 Å². The Bertz CT molecular complexity index is 730. The molecule has 1 heterocycles. The van der Waals surface area contributed by atoms with Crippen molar-refractivity contribution < 1.29 is 23.8 Å². The van der Waals surface area contributed by atoms with E-state index < -0.39 is 5.97 Å². The highest BCUT2D eigenvalue weighted by Crippen LogP contribution is 2.22. The summed E-state index contributed by atoms with van der Waals surface area (Å²) in [7, 11) is 1.55. The molecule has 0 unspecified atom stereocenters. The van der Waals surface area contributed by atoms with Crippen LogP contribution in [0.15, 0.2) is 24.3 Å². The van der Waals surface area contributed by atoms with Crippen LogP contribution in [0.3, 0.4) is 0 Å². The highest BCUT2D eigenvalue weighted by atomic mass is 32.1. The van der Waals surface area contributed by atoms with E-state index in [0.717, 1.165) is 0 Å². The molecular formula is C16H17FN2O4S. The van der Waals surface area contributed by atoms with E-state index in [0.29, 0.717) is 21.3 Å². The van der Waals surface area contributed by atoms with Crippen LogP contribution in [-0.2, 0) is 11.4 Å². The molecule has 0 saturated heterocycles. The number of hydrogen-bond acceptors (Lipinski definition) is 5. The largest absolute Gasteiger partial charge is 0.486 e. The molecule has 0 aliphatic heterocycles. The number of aromatic nitrogens is 1. The first-order valence-corrected chi connectivity index (χ1v) is 8.00. The molecule has 1 aromatic heterocycles. The van der Waals surface area contributed by atoms with Gasteiger partial charge in [0, 0.05) is 13.6 Å². The van der Waals surface area contributed by atoms with E-state index in [1.807, 2.05) is 0 Å². The molecule has 0 spiro atoms. The van der Waals surface area contributed by atoms with Crippen LogP contribution in [0.4, 0.5) is 4.39 Å². The van der Waals surface area contributed by atoms with Crippen LogP contribution in [0.25, 0.3) is 0 Å². The van der Waals surface area contributed by atoms with Crippen LogP contribution in [0.5, 0.6) is 5.75 Å². The summed E-state index contributed by atoms with van der Waals surface area (Å²) in [4.78, 5) is 29.0. The quantitative estimate of drug-likeness (QED) is 0.829. The maximum Gasteiger partial charge on any atom is 0.305 e. The Labute approximate surface area is 142 Å². The third-order valence-corrected chi connectivity index (χ3v) is 4.34. The number of carboxylic acid groups (broad SMARTS) is 1. The van der Waals surface area contributed by atoms with Crippen molar-refractivity contribution in [3.63, 3.8) is 0 Å². The summed E-state index contributed by atoms with van der Waals surface area (Å²) < 4.78 is 18.4. The lowest BCUT2D eigenvalue weighted by molar-refractivity contribution is -0.137. The summed E-state index contributed by atoms with van der Waals surface area (Å²) in [5.74, 6) is -1.05. The van der Waals surface area contributed by atoms with E-state index in [4.69, 9.17) is 9.84 Å². The van der Waals surface area contributed by atoms with E-state index >= 15 is 0 Å². The molecule has 0 aliphatic rings. The highest BCUT2D eigenvalue weighted by Gasteiger charge is 2.19. The smallest absolute Gasteiger partial charge is 0.305 e. The summed E-state index contributed by atoms with van der Waals surface area (Å²) in [5, 5.41) is 9.30. The van der Waals surface area contributed by atoms with Gasteiger partial charge in [0.05, 0.1) is 12.1 Å². The molecule has 0 saturated carbocycles. The number of ether oxygens (including phenoxy) is 1. The number of benzene rings is 1. The van der Waals surface area contributed by atoms with E-state index in [-0.39, 0.29) is 31.3 Å². The Kier molecular flexibility index (Phi) is 5.86. The van der Waals surface area contributed by atoms with Gasteiger partial charge in [0.15, 0.2) is 0 Å². The second-order valence-electron chi connectivity index (χ2n) is 5.14. The molecule has 8 heteroatoms. The zero-order chi connectivity index (χ0) is 17.7. The summed E-state index contributed by atoms with van der Waals surface area (Å²) in [5.41, 5.74) is 0.574. The fraction of sp³-hybridized carbons (Fsp3) is 0.312. The third-order valence-electron chi connectivity index (χ3n) is 3.22. The minimum absolute atomic E-state index is 0.110. The Hall–Kier alpha value is -2.48. The minimum atomic E-state index is -0.955. The Morgan fingerprint density at radius 2 is 2.00 bits per heavy atom. The predicted molar refractivity (Wildman–Crippen MR) is 86.8 cm³/mol. The Balaban J connectivity index is 1.99. The molecule has 0 radical (unpaired) electrons. The van der Waals surface area contributed by atoms with Gasteiger partial charge in [0.25, 0.3) is 5.91 Å². The van der Waals surface area contributed by atoms with Crippen molar-refractivity contribution in [3.8, 4) is 5.75 Å². The monoisotopic (exact) mass is 352 g/mol. The number of thiazole rings is 1. The van der Waals surface area contributed by atoms with E-state index in [2.05, 4.69) is 4.98 Å². The number of carbonyl (C=O) groups excluding carboxylic acids is 1. The molecule has 2 rings (SSSR count). The van der Waals surface area contributed by atoms with E-state index in [1.54, 1.807) is 14.0 Å². The van der Waals surface area contributed by atoms with Crippen molar-refractivity contribution in [1.82, 2.24) is 9.88 Å². The zero-order valence-corrected chi connectivity index (χ0v) is 14.1. The lowest BCUT2D eigenvalue weighted by Crippen LogP contribution is -2.28. The average Bonchev–Trinajstić information content (AvgIpc) is 2.92. The van der Waals surface area contributed by atoms with Crippen LogP contribution in [-0.4, -0.2) is 40.5 Å².